The molecule has 28 heavy (non-hydrogen) atoms. The van der Waals surface area contributed by atoms with Crippen LogP contribution in [0.4, 0.5) is 5.82 Å². The zero-order valence-corrected chi connectivity index (χ0v) is 15.3. The molecule has 1 aliphatic heterocycles. The van der Waals surface area contributed by atoms with E-state index in [0.717, 1.165) is 0 Å². The van der Waals surface area contributed by atoms with Gasteiger partial charge in [-0.1, -0.05) is 0 Å². The fourth-order valence-corrected chi connectivity index (χ4v) is 4.11. The number of phosphoric ester groups is 1. The zero-order chi connectivity index (χ0) is 33.1. The Bertz CT molecular complexity index is 1440. The highest BCUT2D eigenvalue weighted by Crippen LogP contribution is 2.66. The summed E-state index contributed by atoms with van der Waals surface area (Å²) in [6.07, 6.45) is -18.6. The van der Waals surface area contributed by atoms with E-state index in [9.17, 15) is 23.4 Å². The van der Waals surface area contributed by atoms with Crippen molar-refractivity contribution < 1.29 is 71.4 Å². The van der Waals surface area contributed by atoms with Gasteiger partial charge in [0.15, 0.2) is 2.82 Å². The van der Waals surface area contributed by atoms with E-state index in [1.54, 1.807) is 0 Å². The standard InChI is InChI=1S/C9H16N3O13P3/c10-7-1-2-12(9(14)11-7)8-3-5(13)6(23-8)4-22-27(18,19)25-28(20,21)24-26(15,16)17/h1-2,5-6,8,13H,3-4H2,(H,18,19)(H,20,21)(H2,10,11,14)(H2,15,16,17)/t5?,6-,8-/m1/s1/i1D,2D,3D2,4D2,5D,6D,8D,10+1,11+1,12+1,13D/hD4. The number of nitrogens with two attached hydrogens (primary N) is 1. The normalized spacial score (nSPS) is 46.1. The Morgan fingerprint density at radius 3 is 2.93 bits per heavy atom. The van der Waals surface area contributed by atoms with Crippen LogP contribution in [0.1, 0.15) is 24.9 Å². The van der Waals surface area contributed by atoms with Gasteiger partial charge in [-0.2, -0.15) is 13.6 Å². The average Bonchev–Trinajstić information content (AvgIpc) is 2.95. The summed E-state index contributed by atoms with van der Waals surface area (Å²) in [5, 5.41) is 3.86. The summed E-state index contributed by atoms with van der Waals surface area (Å²) >= 11 is 0. The van der Waals surface area contributed by atoms with Gasteiger partial charge in [0.25, 0.3) is 0 Å². The number of rotatable bonds is 12. The molecule has 7 N–H and O–H groups in total. The van der Waals surface area contributed by atoms with Crippen LogP contribution in [0.15, 0.2) is 17.0 Å². The topological polar surface area (TPSA) is 250 Å². The summed E-state index contributed by atoms with van der Waals surface area (Å²) in [5.74, 6) is -1.14. The molecule has 0 bridgehead atoms. The number of nitrogen functional groups attached to an aromatic ring is 1. The van der Waals surface area contributed by atoms with Crippen LogP contribution in [0.2, 0.25) is 2.82 Å². The Hall–Kier alpha value is -0.990. The molecule has 6 atom stereocenters. The lowest BCUT2D eigenvalue weighted by molar-refractivity contribution is -0.0449. The van der Waals surface area contributed by atoms with Crippen molar-refractivity contribution in [2.45, 2.75) is 24.7 Å². The molecule has 16 nitrogen and oxygen atoms in total. The second-order valence-corrected chi connectivity index (χ2v) is 8.48. The Kier molecular flexibility index (Phi) is 3.11. The molecular formula is C9H16N3O13P3. The molecule has 1 aromatic rings. The molecule has 2 rings (SSSR count). The lowest BCUT2D eigenvalue weighted by Gasteiger charge is -2.19. The van der Waals surface area contributed by atoms with E-state index < -0.39 is 88.8 Å². The molecule has 1 saturated heterocycles. The Morgan fingerprint density at radius 1 is 1.50 bits per heavy atom. The quantitative estimate of drug-likeness (QED) is 0.151. The Balaban J connectivity index is 2.74. The van der Waals surface area contributed by atoms with Gasteiger partial charge < -0.3 is 35.1 Å². The summed E-state index contributed by atoms with van der Waals surface area (Å²) in [7, 11) is -18.4. The van der Waals surface area contributed by atoms with Crippen LogP contribution in [0.25, 0.3) is 0 Å². The lowest BCUT2D eigenvalue weighted by atomic mass is 10.2. The van der Waals surface area contributed by atoms with E-state index in [4.69, 9.17) is 29.1 Å². The van der Waals surface area contributed by atoms with Crippen LogP contribution in [-0.4, -0.2) is 57.3 Å². The third-order valence-corrected chi connectivity index (χ3v) is 5.75. The maximum atomic E-state index is 12.7. The number of anilines is 1. The number of hydrogen-bond acceptors (Lipinski definition) is 13. The molecule has 0 aliphatic carbocycles. The highest BCUT2D eigenvalue weighted by molar-refractivity contribution is 7.66. The van der Waals surface area contributed by atoms with Gasteiger partial charge in [-0.25, -0.2) is 18.5 Å². The number of nitrogens with zero attached hydrogens (tertiary/aromatic N) is 2. The summed E-state index contributed by atoms with van der Waals surface area (Å²) in [5.41, 5.74) is -2.39. The Morgan fingerprint density at radius 2 is 2.29 bits per heavy atom. The third-order valence-electron chi connectivity index (χ3n) is 2.16. The zero-order valence-electron chi connectivity index (χ0n) is 26.6. The maximum Gasteiger partial charge on any atom is 0.490 e. The first kappa shape index (κ1) is 10.4. The van der Waals surface area contributed by atoms with Crippen LogP contribution in [0.5, 0.6) is 0 Å². The van der Waals surface area contributed by atoms with Crippen molar-refractivity contribution in [2.24, 2.45) is 0 Å². The van der Waals surface area contributed by atoms with E-state index >= 15 is 0 Å². The predicted octanol–water partition coefficient (Wildman–Crippen LogP) is -1.18. The van der Waals surface area contributed by atoms with Crippen LogP contribution < -0.4 is 11.4 Å². The van der Waals surface area contributed by atoms with Crippen molar-refractivity contribution in [3.05, 3.63) is 22.7 Å². The number of phosphoric acid groups is 3. The number of aliphatic hydroxyl groups is 1. The van der Waals surface area contributed by atoms with E-state index in [2.05, 4.69) is 33.0 Å². The van der Waals surface area contributed by atoms with Crippen molar-refractivity contribution in [1.82, 2.24) is 9.55 Å². The maximum absolute atomic E-state index is 12.7. The van der Waals surface area contributed by atoms with Gasteiger partial charge in [-0.05, 0) is 6.04 Å². The van der Waals surface area contributed by atoms with Crippen LogP contribution in [0.3, 0.4) is 0 Å². The molecule has 160 valence electrons. The van der Waals surface area contributed by atoms with Crippen molar-refractivity contribution in [1.29, 1.82) is 4.29 Å². The fraction of sp³-hybridized carbons (Fsp3) is 0.556. The molecule has 0 aromatic carbocycles. The second kappa shape index (κ2) is 8.40. The predicted molar refractivity (Wildman–Crippen MR) is 87.3 cm³/mol. The van der Waals surface area contributed by atoms with Crippen LogP contribution >= 0.6 is 23.5 Å². The highest BCUT2D eigenvalue weighted by atomic mass is 31.3. The molecule has 1 aliphatic rings. The van der Waals surface area contributed by atoms with Crippen LogP contribution in [-0.2, 0) is 31.6 Å². The van der Waals surface area contributed by atoms with Gasteiger partial charge in [-0.15, -0.1) is 0 Å². The number of hydrogen-bond donors (Lipinski definition) is 6. The first-order valence-electron chi connectivity index (χ1n) is 12.7. The van der Waals surface area contributed by atoms with Gasteiger partial charge in [-0.3, -0.25) is 9.09 Å². The SMILES string of the molecule is [2H]OC1([2H])C([2H])([2H])[C@]([2H])([15n]2c([2H])c([2H])c([15N]([2H])[2H])[15n]c2=O)O[C@]1([2H])C([2H])([2H])OP(=O)(O[2H])OP(=O)(O)OP(=O)(O)O[2H]. The van der Waals surface area contributed by atoms with Crippen molar-refractivity contribution >= 4 is 29.3 Å². The molecular weight excluding hydrogens is 454 g/mol. The van der Waals surface area contributed by atoms with Gasteiger partial charge >= 0.3 is 29.2 Å². The first-order chi connectivity index (χ1) is 18.7. The van der Waals surface area contributed by atoms with Gasteiger partial charge in [0.2, 0.25) is 4.29 Å². The number of ether oxygens (including phenoxy) is 1. The first-order valence-corrected chi connectivity index (χ1v) is 10.5. The molecule has 0 spiro atoms. The minimum Gasteiger partial charge on any atom is -0.390 e. The average molecular weight is 484 g/mol. The third kappa shape index (κ3) is 6.81. The van der Waals surface area contributed by atoms with Gasteiger partial charge in [0.1, 0.15) is 18.1 Å². The summed E-state index contributed by atoms with van der Waals surface area (Å²) in [4.78, 5) is 40.6. The highest BCUT2D eigenvalue weighted by Gasteiger charge is 2.42. The number of aromatic nitrogens is 2. The smallest absolute Gasteiger partial charge is 0.390 e. The molecule has 0 radical (unpaired) electrons. The molecule has 0 amide bonds. The summed E-state index contributed by atoms with van der Waals surface area (Å²) < 4.78 is 159. The Labute approximate surface area is 176 Å². The van der Waals surface area contributed by atoms with E-state index in [0.29, 0.717) is 0 Å². The van der Waals surface area contributed by atoms with E-state index in [1.165, 1.54) is 0 Å². The largest absolute Gasteiger partial charge is 0.490 e. The fourth-order valence-electron chi connectivity index (χ4n) is 1.34. The minimum absolute atomic E-state index is 0.427. The molecule has 1 aromatic heterocycles. The molecule has 4 unspecified atom stereocenters. The van der Waals surface area contributed by atoms with Crippen molar-refractivity contribution in [3.63, 3.8) is 0 Å². The van der Waals surface area contributed by atoms with E-state index in [1.807, 2.05) is 0 Å². The minimum atomic E-state index is -6.38. The van der Waals surface area contributed by atoms with Crippen LogP contribution in [0, 0.1) is 0 Å². The molecule has 19 heteroatoms. The van der Waals surface area contributed by atoms with Gasteiger partial charge in [0, 0.05) is 15.3 Å². The monoisotopic (exact) mass is 484 g/mol. The van der Waals surface area contributed by atoms with Crippen molar-refractivity contribution in [2.75, 3.05) is 12.3 Å². The lowest BCUT2D eigenvalue weighted by Crippen LogP contribution is -2.28. The summed E-state index contributed by atoms with van der Waals surface area (Å²) in [6, 6.07) is -1.31. The second-order valence-electron chi connectivity index (χ2n) is 4.22. The van der Waals surface area contributed by atoms with Crippen molar-refractivity contribution in [3.8, 4) is 0 Å². The molecule has 1 fully saturated rings. The molecule has 0 saturated carbocycles. The summed E-state index contributed by atoms with van der Waals surface area (Å²) in [6.45, 7) is -4.58. The van der Waals surface area contributed by atoms with E-state index in [-0.39, 0.29) is 0 Å². The van der Waals surface area contributed by atoms with Gasteiger partial charge in [0.05, 0.1) is 22.2 Å². The molecule has 2 heterocycles.